The molecule has 1 fully saturated rings. The maximum atomic E-state index is 3.85. The Kier molecular flexibility index (Phi) is 2.73. The second kappa shape index (κ2) is 4.25. The second-order valence-electron chi connectivity index (χ2n) is 5.64. The maximum Gasteiger partial charge on any atom is 0.0605 e. The summed E-state index contributed by atoms with van der Waals surface area (Å²) in [6.45, 7) is 3.29. The number of benzene rings is 1. The molecule has 1 aliphatic carbocycles. The van der Waals surface area contributed by atoms with Crippen molar-refractivity contribution in [2.75, 3.05) is 17.2 Å². The van der Waals surface area contributed by atoms with Crippen LogP contribution in [0.25, 0.3) is 0 Å². The summed E-state index contributed by atoms with van der Waals surface area (Å²) in [4.78, 5) is 0. The molecule has 2 heteroatoms. The molecule has 0 saturated heterocycles. The first-order valence-electron chi connectivity index (χ1n) is 6.91. The Morgan fingerprint density at radius 2 is 1.88 bits per heavy atom. The standard InChI is InChI=1S/C15H22N2/c1-12-6-5-7-13-14(12)16-11-10-15(17-13)8-3-2-4-9-15/h5-7,16-17H,2-4,8-11H2,1H3. The van der Waals surface area contributed by atoms with Gasteiger partial charge in [-0.3, -0.25) is 0 Å². The van der Waals surface area contributed by atoms with Gasteiger partial charge >= 0.3 is 0 Å². The van der Waals surface area contributed by atoms with Gasteiger partial charge in [0, 0.05) is 12.1 Å². The van der Waals surface area contributed by atoms with E-state index in [1.165, 1.54) is 55.5 Å². The molecule has 1 aliphatic heterocycles. The largest absolute Gasteiger partial charge is 0.383 e. The lowest BCUT2D eigenvalue weighted by Crippen LogP contribution is -2.40. The van der Waals surface area contributed by atoms with Crippen molar-refractivity contribution in [2.24, 2.45) is 0 Å². The van der Waals surface area contributed by atoms with E-state index in [2.05, 4.69) is 35.8 Å². The molecule has 1 heterocycles. The molecule has 0 radical (unpaired) electrons. The highest BCUT2D eigenvalue weighted by Crippen LogP contribution is 2.39. The van der Waals surface area contributed by atoms with E-state index < -0.39 is 0 Å². The van der Waals surface area contributed by atoms with Crippen LogP contribution in [0, 0.1) is 6.92 Å². The van der Waals surface area contributed by atoms with E-state index in [0.29, 0.717) is 5.54 Å². The van der Waals surface area contributed by atoms with Gasteiger partial charge in [-0.1, -0.05) is 31.4 Å². The topological polar surface area (TPSA) is 24.1 Å². The normalized spacial score (nSPS) is 22.2. The van der Waals surface area contributed by atoms with Crippen molar-refractivity contribution >= 4 is 11.4 Å². The lowest BCUT2D eigenvalue weighted by molar-refractivity contribution is 0.313. The van der Waals surface area contributed by atoms with Gasteiger partial charge in [-0.15, -0.1) is 0 Å². The van der Waals surface area contributed by atoms with Gasteiger partial charge in [0.25, 0.3) is 0 Å². The third-order valence-electron chi connectivity index (χ3n) is 4.39. The van der Waals surface area contributed by atoms with Gasteiger partial charge in [0.1, 0.15) is 0 Å². The van der Waals surface area contributed by atoms with Crippen LogP contribution in [0.2, 0.25) is 0 Å². The highest BCUT2D eigenvalue weighted by atomic mass is 15.1. The highest BCUT2D eigenvalue weighted by Gasteiger charge is 2.33. The van der Waals surface area contributed by atoms with Crippen LogP contribution in [0.4, 0.5) is 11.4 Å². The van der Waals surface area contributed by atoms with Crippen LogP contribution in [0.5, 0.6) is 0 Å². The molecule has 2 aliphatic rings. The van der Waals surface area contributed by atoms with Crippen molar-refractivity contribution in [3.05, 3.63) is 23.8 Å². The highest BCUT2D eigenvalue weighted by molar-refractivity contribution is 5.73. The van der Waals surface area contributed by atoms with Gasteiger partial charge < -0.3 is 10.6 Å². The molecular weight excluding hydrogens is 208 g/mol. The summed E-state index contributed by atoms with van der Waals surface area (Å²) >= 11 is 0. The molecule has 2 N–H and O–H groups in total. The molecular formula is C15H22N2. The van der Waals surface area contributed by atoms with E-state index in [1.54, 1.807) is 0 Å². The number of nitrogens with one attached hydrogen (secondary N) is 2. The van der Waals surface area contributed by atoms with Gasteiger partial charge in [-0.2, -0.15) is 0 Å². The molecule has 0 unspecified atom stereocenters. The number of anilines is 2. The number of hydrogen-bond donors (Lipinski definition) is 2. The number of fused-ring (bicyclic) bond motifs is 1. The fourth-order valence-electron chi connectivity index (χ4n) is 3.39. The molecule has 17 heavy (non-hydrogen) atoms. The van der Waals surface area contributed by atoms with Gasteiger partial charge in [0.05, 0.1) is 11.4 Å². The first-order valence-corrected chi connectivity index (χ1v) is 6.91. The molecule has 92 valence electrons. The minimum atomic E-state index is 0.365. The molecule has 0 amide bonds. The predicted molar refractivity (Wildman–Crippen MR) is 73.7 cm³/mol. The average Bonchev–Trinajstić information content (AvgIpc) is 2.51. The first-order chi connectivity index (χ1) is 8.29. The van der Waals surface area contributed by atoms with E-state index in [0.717, 1.165) is 6.54 Å². The molecule has 0 bridgehead atoms. The minimum Gasteiger partial charge on any atom is -0.383 e. The van der Waals surface area contributed by atoms with Crippen molar-refractivity contribution in [2.45, 2.75) is 51.0 Å². The van der Waals surface area contributed by atoms with E-state index >= 15 is 0 Å². The Balaban J connectivity index is 1.93. The molecule has 1 aromatic carbocycles. The zero-order valence-electron chi connectivity index (χ0n) is 10.7. The van der Waals surface area contributed by atoms with Crippen LogP contribution in [0.1, 0.15) is 44.1 Å². The fraction of sp³-hybridized carbons (Fsp3) is 0.600. The summed E-state index contributed by atoms with van der Waals surface area (Å²) in [5.74, 6) is 0. The summed E-state index contributed by atoms with van der Waals surface area (Å²) in [7, 11) is 0. The van der Waals surface area contributed by atoms with Crippen molar-refractivity contribution in [1.82, 2.24) is 0 Å². The number of rotatable bonds is 0. The van der Waals surface area contributed by atoms with Crippen molar-refractivity contribution in [1.29, 1.82) is 0 Å². The Bertz CT molecular complexity index is 405. The smallest absolute Gasteiger partial charge is 0.0605 e. The maximum absolute atomic E-state index is 3.85. The van der Waals surface area contributed by atoms with E-state index in [-0.39, 0.29) is 0 Å². The number of aryl methyl sites for hydroxylation is 1. The van der Waals surface area contributed by atoms with E-state index in [1.807, 2.05) is 0 Å². The second-order valence-corrected chi connectivity index (χ2v) is 5.64. The number of para-hydroxylation sites is 1. The summed E-state index contributed by atoms with van der Waals surface area (Å²) in [5, 5.41) is 7.46. The molecule has 0 aromatic heterocycles. The molecule has 1 spiro atoms. The van der Waals surface area contributed by atoms with Crippen molar-refractivity contribution in [3.63, 3.8) is 0 Å². The summed E-state index contributed by atoms with van der Waals surface area (Å²) < 4.78 is 0. The molecule has 0 atom stereocenters. The van der Waals surface area contributed by atoms with Crippen molar-refractivity contribution < 1.29 is 0 Å². The first kappa shape index (κ1) is 10.9. The predicted octanol–water partition coefficient (Wildman–Crippen LogP) is 3.93. The van der Waals surface area contributed by atoms with Crippen molar-refractivity contribution in [3.8, 4) is 0 Å². The van der Waals surface area contributed by atoms with E-state index in [9.17, 15) is 0 Å². The average molecular weight is 230 g/mol. The summed E-state index contributed by atoms with van der Waals surface area (Å²) in [6.07, 6.45) is 8.10. The minimum absolute atomic E-state index is 0.365. The quantitative estimate of drug-likeness (QED) is 0.705. The molecule has 3 rings (SSSR count). The Morgan fingerprint density at radius 1 is 1.06 bits per heavy atom. The Labute approximate surface area is 104 Å². The Morgan fingerprint density at radius 3 is 2.71 bits per heavy atom. The zero-order chi connectivity index (χ0) is 11.7. The third kappa shape index (κ3) is 2.01. The van der Waals surface area contributed by atoms with Crippen LogP contribution < -0.4 is 10.6 Å². The van der Waals surface area contributed by atoms with Crippen LogP contribution in [-0.4, -0.2) is 12.1 Å². The van der Waals surface area contributed by atoms with Gasteiger partial charge in [-0.25, -0.2) is 0 Å². The van der Waals surface area contributed by atoms with Crippen LogP contribution in [-0.2, 0) is 0 Å². The fourth-order valence-corrected chi connectivity index (χ4v) is 3.39. The lowest BCUT2D eigenvalue weighted by Gasteiger charge is -2.38. The molecule has 1 saturated carbocycles. The summed E-state index contributed by atoms with van der Waals surface area (Å²) in [6, 6.07) is 6.56. The van der Waals surface area contributed by atoms with Gasteiger partial charge in [0.15, 0.2) is 0 Å². The van der Waals surface area contributed by atoms with Crippen LogP contribution >= 0.6 is 0 Å². The van der Waals surface area contributed by atoms with Gasteiger partial charge in [0.2, 0.25) is 0 Å². The van der Waals surface area contributed by atoms with Crippen LogP contribution in [0.15, 0.2) is 18.2 Å². The Hall–Kier alpha value is -1.18. The van der Waals surface area contributed by atoms with Gasteiger partial charge in [-0.05, 0) is 37.8 Å². The molecule has 2 nitrogen and oxygen atoms in total. The zero-order valence-corrected chi connectivity index (χ0v) is 10.7. The van der Waals surface area contributed by atoms with Crippen LogP contribution in [0.3, 0.4) is 0 Å². The number of hydrogen-bond acceptors (Lipinski definition) is 2. The monoisotopic (exact) mass is 230 g/mol. The van der Waals surface area contributed by atoms with E-state index in [4.69, 9.17) is 0 Å². The third-order valence-corrected chi connectivity index (χ3v) is 4.39. The summed E-state index contributed by atoms with van der Waals surface area (Å²) in [5.41, 5.74) is 4.34. The SMILES string of the molecule is Cc1cccc2c1NCCC1(CCCCC1)N2. The molecule has 1 aromatic rings. The lowest BCUT2D eigenvalue weighted by atomic mass is 9.79.